The molecule has 0 spiro atoms. The van der Waals surface area contributed by atoms with Gasteiger partial charge in [0.25, 0.3) is 0 Å². The number of hydrogen-bond donors (Lipinski definition) is 1. The lowest BCUT2D eigenvalue weighted by Gasteiger charge is -2.13. The summed E-state index contributed by atoms with van der Waals surface area (Å²) in [6.07, 6.45) is 0. The van der Waals surface area contributed by atoms with Crippen molar-refractivity contribution in [1.82, 2.24) is 20.6 Å². The third kappa shape index (κ3) is 3.82. The summed E-state index contributed by atoms with van der Waals surface area (Å²) in [6.45, 7) is 4.46. The fourth-order valence-corrected chi connectivity index (χ4v) is 2.47. The van der Waals surface area contributed by atoms with Crippen LogP contribution in [0.3, 0.4) is 0 Å². The van der Waals surface area contributed by atoms with Gasteiger partial charge in [0, 0.05) is 5.56 Å². The standard InChI is InChI=1S/C18H19N5O2/c1-12-8-9-13(2)16(10-12)25-11-14-6-4-5-7-15(14)17(21-24-3)18-19-22-23-20-18/h4-10H,11H2,1-3H3,(H,19,20,22,23). The van der Waals surface area contributed by atoms with Crippen LogP contribution in [0.15, 0.2) is 47.6 Å². The number of aryl methyl sites for hydroxylation is 2. The van der Waals surface area contributed by atoms with Crippen molar-refractivity contribution in [3.05, 3.63) is 70.5 Å². The SMILES string of the molecule is CON=C(c1nnn[nH]1)c1ccccc1COc1cc(C)ccc1C. The Morgan fingerprint density at radius 1 is 1.16 bits per heavy atom. The molecule has 1 N–H and O–H groups in total. The minimum absolute atomic E-state index is 0.394. The van der Waals surface area contributed by atoms with Crippen LogP contribution in [0.4, 0.5) is 0 Å². The number of tetrazole rings is 1. The van der Waals surface area contributed by atoms with E-state index in [1.807, 2.05) is 44.2 Å². The van der Waals surface area contributed by atoms with Gasteiger partial charge >= 0.3 is 0 Å². The molecule has 7 heteroatoms. The third-order valence-corrected chi connectivity index (χ3v) is 3.75. The lowest BCUT2D eigenvalue weighted by atomic mass is 10.0. The molecule has 1 aromatic heterocycles. The second-order valence-corrected chi connectivity index (χ2v) is 5.59. The zero-order valence-electron chi connectivity index (χ0n) is 14.4. The Labute approximate surface area is 145 Å². The molecule has 0 saturated heterocycles. The van der Waals surface area contributed by atoms with Crippen LogP contribution < -0.4 is 4.74 Å². The maximum atomic E-state index is 6.03. The first-order chi connectivity index (χ1) is 12.2. The molecule has 0 fully saturated rings. The summed E-state index contributed by atoms with van der Waals surface area (Å²) in [6, 6.07) is 13.9. The van der Waals surface area contributed by atoms with Crippen LogP contribution in [0.5, 0.6) is 5.75 Å². The first-order valence-electron chi connectivity index (χ1n) is 7.82. The first kappa shape index (κ1) is 16.6. The van der Waals surface area contributed by atoms with Gasteiger partial charge in [-0.2, -0.15) is 0 Å². The summed E-state index contributed by atoms with van der Waals surface area (Å²) in [5, 5.41) is 17.9. The van der Waals surface area contributed by atoms with E-state index in [1.165, 1.54) is 7.11 Å². The molecular weight excluding hydrogens is 318 g/mol. The molecule has 2 aromatic carbocycles. The highest BCUT2D eigenvalue weighted by atomic mass is 16.6. The quantitative estimate of drug-likeness (QED) is 0.552. The van der Waals surface area contributed by atoms with Crippen molar-refractivity contribution in [2.45, 2.75) is 20.5 Å². The molecule has 3 rings (SSSR count). The summed E-state index contributed by atoms with van der Waals surface area (Å²) in [5.41, 5.74) is 4.56. The summed E-state index contributed by atoms with van der Waals surface area (Å²) in [4.78, 5) is 4.97. The minimum atomic E-state index is 0.394. The van der Waals surface area contributed by atoms with Crippen molar-refractivity contribution in [3.63, 3.8) is 0 Å². The number of nitrogens with zero attached hydrogens (tertiary/aromatic N) is 4. The van der Waals surface area contributed by atoms with E-state index in [4.69, 9.17) is 9.57 Å². The van der Waals surface area contributed by atoms with Crippen LogP contribution in [-0.4, -0.2) is 33.4 Å². The van der Waals surface area contributed by atoms with Crippen LogP contribution in [0, 0.1) is 13.8 Å². The monoisotopic (exact) mass is 337 g/mol. The van der Waals surface area contributed by atoms with Gasteiger partial charge in [-0.15, -0.1) is 5.10 Å². The Morgan fingerprint density at radius 3 is 2.76 bits per heavy atom. The zero-order chi connectivity index (χ0) is 17.6. The Kier molecular flexibility index (Phi) is 5.03. The van der Waals surface area contributed by atoms with Gasteiger partial charge in [-0.05, 0) is 47.0 Å². The van der Waals surface area contributed by atoms with Crippen molar-refractivity contribution in [1.29, 1.82) is 0 Å². The largest absolute Gasteiger partial charge is 0.489 e. The van der Waals surface area contributed by atoms with Gasteiger partial charge in [0.1, 0.15) is 19.5 Å². The van der Waals surface area contributed by atoms with Crippen molar-refractivity contribution in [2.75, 3.05) is 7.11 Å². The second kappa shape index (κ2) is 7.57. The third-order valence-electron chi connectivity index (χ3n) is 3.75. The molecule has 0 bridgehead atoms. The van der Waals surface area contributed by atoms with Gasteiger partial charge in [-0.25, -0.2) is 5.10 Å². The number of aromatic nitrogens is 4. The topological polar surface area (TPSA) is 85.3 Å². The average molecular weight is 337 g/mol. The number of oxime groups is 1. The van der Waals surface area contributed by atoms with Crippen molar-refractivity contribution >= 4 is 5.71 Å². The molecule has 0 radical (unpaired) electrons. The summed E-state index contributed by atoms with van der Waals surface area (Å²) in [7, 11) is 1.49. The fraction of sp³-hybridized carbons (Fsp3) is 0.222. The molecule has 0 unspecified atom stereocenters. The number of aromatic amines is 1. The van der Waals surface area contributed by atoms with Crippen LogP contribution in [0.1, 0.15) is 28.1 Å². The normalized spacial score (nSPS) is 11.4. The molecule has 3 aromatic rings. The number of hydrogen-bond acceptors (Lipinski definition) is 6. The molecule has 0 amide bonds. The molecule has 1 heterocycles. The van der Waals surface area contributed by atoms with Crippen molar-refractivity contribution in [3.8, 4) is 5.75 Å². The van der Waals surface area contributed by atoms with Gasteiger partial charge < -0.3 is 9.57 Å². The van der Waals surface area contributed by atoms with Gasteiger partial charge in [0.05, 0.1) is 0 Å². The highest BCUT2D eigenvalue weighted by Crippen LogP contribution is 2.22. The van der Waals surface area contributed by atoms with Crippen LogP contribution >= 0.6 is 0 Å². The number of ether oxygens (including phenoxy) is 1. The molecule has 0 aliphatic carbocycles. The lowest BCUT2D eigenvalue weighted by Crippen LogP contribution is -2.11. The average Bonchev–Trinajstić information content (AvgIpc) is 3.15. The van der Waals surface area contributed by atoms with Gasteiger partial charge in [0.2, 0.25) is 5.82 Å². The molecule has 0 atom stereocenters. The summed E-state index contributed by atoms with van der Waals surface area (Å²) < 4.78 is 6.03. The van der Waals surface area contributed by atoms with Crippen LogP contribution in [-0.2, 0) is 11.4 Å². The van der Waals surface area contributed by atoms with E-state index in [0.29, 0.717) is 18.1 Å². The smallest absolute Gasteiger partial charge is 0.202 e. The zero-order valence-corrected chi connectivity index (χ0v) is 14.4. The predicted octanol–water partition coefficient (Wildman–Crippen LogP) is 2.79. The van der Waals surface area contributed by atoms with Crippen LogP contribution in [0.2, 0.25) is 0 Å². The number of H-pyrrole nitrogens is 1. The lowest BCUT2D eigenvalue weighted by molar-refractivity contribution is 0.213. The molecule has 7 nitrogen and oxygen atoms in total. The molecule has 0 aliphatic heterocycles. The Bertz CT molecular complexity index is 875. The molecule has 128 valence electrons. The van der Waals surface area contributed by atoms with E-state index < -0.39 is 0 Å². The summed E-state index contributed by atoms with van der Waals surface area (Å²) in [5.74, 6) is 1.29. The molecular formula is C18H19N5O2. The number of nitrogens with one attached hydrogen (secondary N) is 1. The van der Waals surface area contributed by atoms with E-state index in [9.17, 15) is 0 Å². The van der Waals surface area contributed by atoms with Gasteiger partial charge in [-0.3, -0.25) is 0 Å². The Hall–Kier alpha value is -3.22. The number of rotatable bonds is 6. The second-order valence-electron chi connectivity index (χ2n) is 5.59. The first-order valence-corrected chi connectivity index (χ1v) is 7.82. The van der Waals surface area contributed by atoms with Crippen LogP contribution in [0.25, 0.3) is 0 Å². The number of benzene rings is 2. The Morgan fingerprint density at radius 2 is 2.00 bits per heavy atom. The fourth-order valence-electron chi connectivity index (χ4n) is 2.47. The van der Waals surface area contributed by atoms with E-state index in [0.717, 1.165) is 28.0 Å². The molecule has 0 saturated carbocycles. The minimum Gasteiger partial charge on any atom is -0.489 e. The highest BCUT2D eigenvalue weighted by Gasteiger charge is 2.16. The van der Waals surface area contributed by atoms with E-state index in [1.54, 1.807) is 0 Å². The van der Waals surface area contributed by atoms with E-state index in [2.05, 4.69) is 37.9 Å². The summed E-state index contributed by atoms with van der Waals surface area (Å²) >= 11 is 0. The van der Waals surface area contributed by atoms with Gasteiger partial charge in [0.15, 0.2) is 5.71 Å². The maximum Gasteiger partial charge on any atom is 0.202 e. The van der Waals surface area contributed by atoms with Crippen molar-refractivity contribution in [2.24, 2.45) is 5.16 Å². The van der Waals surface area contributed by atoms with E-state index >= 15 is 0 Å². The van der Waals surface area contributed by atoms with Gasteiger partial charge in [-0.1, -0.05) is 41.6 Å². The van der Waals surface area contributed by atoms with E-state index in [-0.39, 0.29) is 0 Å². The predicted molar refractivity (Wildman–Crippen MR) is 93.5 cm³/mol. The highest BCUT2D eigenvalue weighted by molar-refractivity contribution is 6.11. The maximum absolute atomic E-state index is 6.03. The van der Waals surface area contributed by atoms with Crippen molar-refractivity contribution < 1.29 is 9.57 Å². The molecule has 0 aliphatic rings. The molecule has 25 heavy (non-hydrogen) atoms. The Balaban J connectivity index is 1.90.